The van der Waals surface area contributed by atoms with E-state index in [1.54, 1.807) is 0 Å². The van der Waals surface area contributed by atoms with Crippen molar-refractivity contribution in [1.29, 1.82) is 0 Å². The van der Waals surface area contributed by atoms with Crippen LogP contribution in [-0.4, -0.2) is 33.5 Å². The van der Waals surface area contributed by atoms with E-state index in [0.717, 1.165) is 35.9 Å². The SMILES string of the molecule is CCc1cccc(NC(=O)Cn2cnc3nc(N(CC)CC)sc3c2=O)c1. The van der Waals surface area contributed by atoms with Crippen LogP contribution in [0.1, 0.15) is 26.3 Å². The van der Waals surface area contributed by atoms with Gasteiger partial charge in [-0.3, -0.25) is 14.2 Å². The Morgan fingerprint density at radius 2 is 2.04 bits per heavy atom. The maximum atomic E-state index is 12.7. The average Bonchev–Trinajstić information content (AvgIpc) is 3.10. The molecule has 0 bridgehead atoms. The molecule has 2 heterocycles. The maximum Gasteiger partial charge on any atom is 0.273 e. The molecule has 7 nitrogen and oxygen atoms in total. The molecule has 0 saturated carbocycles. The second kappa shape index (κ2) is 8.30. The fourth-order valence-electron chi connectivity index (χ4n) is 2.80. The van der Waals surface area contributed by atoms with Crippen molar-refractivity contribution < 1.29 is 4.79 Å². The third-order valence-corrected chi connectivity index (χ3v) is 5.43. The van der Waals surface area contributed by atoms with Crippen molar-refractivity contribution in [3.8, 4) is 0 Å². The lowest BCUT2D eigenvalue weighted by Crippen LogP contribution is -2.27. The summed E-state index contributed by atoms with van der Waals surface area (Å²) >= 11 is 1.32. The Labute approximate surface area is 161 Å². The zero-order valence-electron chi connectivity index (χ0n) is 15.7. The zero-order chi connectivity index (χ0) is 19.4. The number of carbonyl (C=O) groups is 1. The van der Waals surface area contributed by atoms with Gasteiger partial charge < -0.3 is 10.2 Å². The fraction of sp³-hybridized carbons (Fsp3) is 0.368. The lowest BCUT2D eigenvalue weighted by molar-refractivity contribution is -0.116. The summed E-state index contributed by atoms with van der Waals surface area (Å²) in [5, 5.41) is 3.61. The lowest BCUT2D eigenvalue weighted by atomic mass is 10.1. The predicted molar refractivity (Wildman–Crippen MR) is 110 cm³/mol. The smallest absolute Gasteiger partial charge is 0.273 e. The number of thiazole rings is 1. The quantitative estimate of drug-likeness (QED) is 0.676. The number of rotatable bonds is 7. The van der Waals surface area contributed by atoms with E-state index in [1.807, 2.05) is 38.1 Å². The molecule has 2 aromatic heterocycles. The van der Waals surface area contributed by atoms with Crippen LogP contribution in [0.5, 0.6) is 0 Å². The van der Waals surface area contributed by atoms with Gasteiger partial charge in [-0.1, -0.05) is 30.4 Å². The number of hydrogen-bond acceptors (Lipinski definition) is 6. The first-order valence-electron chi connectivity index (χ1n) is 9.05. The van der Waals surface area contributed by atoms with Crippen LogP contribution in [-0.2, 0) is 17.8 Å². The van der Waals surface area contributed by atoms with E-state index in [1.165, 1.54) is 22.2 Å². The molecule has 8 heteroatoms. The Bertz CT molecular complexity index is 1010. The van der Waals surface area contributed by atoms with Crippen LogP contribution in [0.25, 0.3) is 10.3 Å². The Morgan fingerprint density at radius 1 is 1.26 bits per heavy atom. The summed E-state index contributed by atoms with van der Waals surface area (Å²) < 4.78 is 1.80. The molecule has 0 aliphatic rings. The molecule has 0 aliphatic heterocycles. The molecule has 1 aromatic carbocycles. The van der Waals surface area contributed by atoms with Crippen LogP contribution in [0.3, 0.4) is 0 Å². The van der Waals surface area contributed by atoms with E-state index < -0.39 is 0 Å². The van der Waals surface area contributed by atoms with Gasteiger partial charge in [0.25, 0.3) is 5.56 Å². The van der Waals surface area contributed by atoms with E-state index in [9.17, 15) is 9.59 Å². The van der Waals surface area contributed by atoms with Crippen molar-refractivity contribution >= 4 is 38.4 Å². The molecular weight excluding hydrogens is 362 g/mol. The lowest BCUT2D eigenvalue weighted by Gasteiger charge is -2.15. The van der Waals surface area contributed by atoms with Crippen LogP contribution in [0.15, 0.2) is 35.4 Å². The summed E-state index contributed by atoms with van der Waals surface area (Å²) in [6.07, 6.45) is 2.28. The van der Waals surface area contributed by atoms with Gasteiger partial charge in [-0.2, -0.15) is 4.98 Å². The van der Waals surface area contributed by atoms with E-state index >= 15 is 0 Å². The number of anilines is 2. The van der Waals surface area contributed by atoms with Gasteiger partial charge in [0.1, 0.15) is 17.6 Å². The number of benzene rings is 1. The molecule has 0 fully saturated rings. The molecule has 142 valence electrons. The normalized spacial score (nSPS) is 10.9. The van der Waals surface area contributed by atoms with Gasteiger partial charge in [0, 0.05) is 18.8 Å². The molecule has 1 amide bonds. The van der Waals surface area contributed by atoms with Gasteiger partial charge in [-0.05, 0) is 38.0 Å². The van der Waals surface area contributed by atoms with Crippen molar-refractivity contribution in [2.24, 2.45) is 0 Å². The first-order chi connectivity index (χ1) is 13.0. The molecule has 3 rings (SSSR count). The molecule has 1 N–H and O–H groups in total. The Hall–Kier alpha value is -2.74. The number of fused-ring (bicyclic) bond motifs is 1. The largest absolute Gasteiger partial charge is 0.349 e. The van der Waals surface area contributed by atoms with E-state index in [-0.39, 0.29) is 18.0 Å². The monoisotopic (exact) mass is 385 g/mol. The third kappa shape index (κ3) is 4.16. The van der Waals surface area contributed by atoms with Gasteiger partial charge in [-0.15, -0.1) is 0 Å². The average molecular weight is 385 g/mol. The molecular formula is C19H23N5O2S. The van der Waals surface area contributed by atoms with E-state index in [4.69, 9.17) is 0 Å². The first kappa shape index (κ1) is 19.0. The molecule has 27 heavy (non-hydrogen) atoms. The van der Waals surface area contributed by atoms with Gasteiger partial charge in [0.2, 0.25) is 5.91 Å². The van der Waals surface area contributed by atoms with E-state index in [2.05, 4.69) is 27.1 Å². The highest BCUT2D eigenvalue weighted by molar-refractivity contribution is 7.22. The molecule has 0 spiro atoms. The number of carbonyl (C=O) groups excluding carboxylic acids is 1. The van der Waals surface area contributed by atoms with Crippen molar-refractivity contribution in [3.63, 3.8) is 0 Å². The number of aromatic nitrogens is 3. The van der Waals surface area contributed by atoms with Crippen molar-refractivity contribution in [3.05, 3.63) is 46.5 Å². The minimum atomic E-state index is -0.264. The molecule has 0 saturated heterocycles. The molecule has 0 atom stereocenters. The van der Waals surface area contributed by atoms with Crippen LogP contribution in [0, 0.1) is 0 Å². The maximum absolute atomic E-state index is 12.7. The number of amides is 1. The number of hydrogen-bond donors (Lipinski definition) is 1. The highest BCUT2D eigenvalue weighted by Gasteiger charge is 2.15. The van der Waals surface area contributed by atoms with Crippen molar-refractivity contribution in [1.82, 2.24) is 14.5 Å². The third-order valence-electron chi connectivity index (χ3n) is 4.34. The van der Waals surface area contributed by atoms with Crippen LogP contribution < -0.4 is 15.8 Å². The standard InChI is InChI=1S/C19H23N5O2S/c1-4-13-8-7-9-14(10-13)21-15(25)11-24-12-20-17-16(18(24)26)27-19(22-17)23(5-2)6-3/h7-10,12H,4-6,11H2,1-3H3,(H,21,25). The molecule has 0 unspecified atom stereocenters. The Balaban J connectivity index is 1.81. The fourth-order valence-corrected chi connectivity index (χ4v) is 3.90. The summed E-state index contributed by atoms with van der Waals surface area (Å²) in [7, 11) is 0. The molecule has 0 radical (unpaired) electrons. The zero-order valence-corrected chi connectivity index (χ0v) is 16.5. The van der Waals surface area contributed by atoms with Crippen molar-refractivity contribution in [2.75, 3.05) is 23.3 Å². The Kier molecular flexibility index (Phi) is 5.85. The van der Waals surface area contributed by atoms with E-state index in [0.29, 0.717) is 10.3 Å². The van der Waals surface area contributed by atoms with Crippen LogP contribution in [0.4, 0.5) is 10.8 Å². The van der Waals surface area contributed by atoms with Gasteiger partial charge in [0.05, 0.1) is 0 Å². The number of nitrogens with zero attached hydrogens (tertiary/aromatic N) is 4. The summed E-state index contributed by atoms with van der Waals surface area (Å²) in [6, 6.07) is 7.68. The summed E-state index contributed by atoms with van der Waals surface area (Å²) in [6.45, 7) is 7.67. The highest BCUT2D eigenvalue weighted by atomic mass is 32.1. The summed E-state index contributed by atoms with van der Waals surface area (Å²) in [5.74, 6) is -0.264. The molecule has 3 aromatic rings. The second-order valence-electron chi connectivity index (χ2n) is 6.10. The highest BCUT2D eigenvalue weighted by Crippen LogP contribution is 2.24. The van der Waals surface area contributed by atoms with Gasteiger partial charge >= 0.3 is 0 Å². The number of aryl methyl sites for hydroxylation is 1. The second-order valence-corrected chi connectivity index (χ2v) is 7.08. The predicted octanol–water partition coefficient (Wildman–Crippen LogP) is 2.90. The summed E-state index contributed by atoms with van der Waals surface area (Å²) in [5.41, 5.74) is 2.05. The minimum Gasteiger partial charge on any atom is -0.349 e. The Morgan fingerprint density at radius 3 is 2.74 bits per heavy atom. The van der Waals surface area contributed by atoms with Crippen molar-refractivity contribution in [2.45, 2.75) is 33.7 Å². The minimum absolute atomic E-state index is 0.0867. The van der Waals surface area contributed by atoms with Crippen LogP contribution >= 0.6 is 11.3 Å². The van der Waals surface area contributed by atoms with Crippen LogP contribution in [0.2, 0.25) is 0 Å². The molecule has 0 aliphatic carbocycles. The van der Waals surface area contributed by atoms with Gasteiger partial charge in [-0.25, -0.2) is 4.98 Å². The topological polar surface area (TPSA) is 80.1 Å². The number of nitrogens with one attached hydrogen (secondary N) is 1. The van der Waals surface area contributed by atoms with Gasteiger partial charge in [0.15, 0.2) is 10.8 Å². The summed E-state index contributed by atoms with van der Waals surface area (Å²) in [4.78, 5) is 35.9. The first-order valence-corrected chi connectivity index (χ1v) is 9.87.